The zero-order valence-electron chi connectivity index (χ0n) is 23.9. The molecule has 6 nitrogen and oxygen atoms in total. The van der Waals surface area contributed by atoms with Gasteiger partial charge in [-0.2, -0.15) is 0 Å². The Morgan fingerprint density at radius 1 is 0.875 bits per heavy atom. The van der Waals surface area contributed by atoms with Crippen molar-refractivity contribution in [2.75, 3.05) is 27.4 Å². The number of ketones is 2. The van der Waals surface area contributed by atoms with Gasteiger partial charge < -0.3 is 19.1 Å². The van der Waals surface area contributed by atoms with Crippen molar-refractivity contribution in [2.24, 2.45) is 0 Å². The van der Waals surface area contributed by atoms with E-state index >= 15 is 0 Å². The van der Waals surface area contributed by atoms with Gasteiger partial charge in [-0.3, -0.25) is 9.59 Å². The summed E-state index contributed by atoms with van der Waals surface area (Å²) in [4.78, 5) is 29.4. The molecule has 1 aliphatic heterocycles. The van der Waals surface area contributed by atoms with Gasteiger partial charge in [-0.15, -0.1) is 0 Å². The van der Waals surface area contributed by atoms with Crippen LogP contribution in [0.15, 0.2) is 57.3 Å². The lowest BCUT2D eigenvalue weighted by Crippen LogP contribution is -2.39. The van der Waals surface area contributed by atoms with E-state index in [2.05, 4.69) is 52.9 Å². The molecule has 0 aromatic heterocycles. The Labute approximate surface area is 245 Å². The van der Waals surface area contributed by atoms with Crippen molar-refractivity contribution in [1.82, 2.24) is 4.90 Å². The van der Waals surface area contributed by atoms with Gasteiger partial charge in [-0.1, -0.05) is 29.3 Å². The molecule has 2 aliphatic carbocycles. The number of halogens is 1. The van der Waals surface area contributed by atoms with E-state index in [4.69, 9.17) is 14.2 Å². The van der Waals surface area contributed by atoms with Crippen molar-refractivity contribution >= 4 is 27.5 Å². The van der Waals surface area contributed by atoms with E-state index in [0.717, 1.165) is 76.8 Å². The average molecular weight is 609 g/mol. The Bertz CT molecular complexity index is 1330. The van der Waals surface area contributed by atoms with Gasteiger partial charge >= 0.3 is 0 Å². The van der Waals surface area contributed by atoms with Crippen LogP contribution in [0.4, 0.5) is 0 Å². The minimum Gasteiger partial charge on any atom is -0.493 e. The average Bonchev–Trinajstić information content (AvgIpc) is 2.92. The molecule has 7 heteroatoms. The summed E-state index contributed by atoms with van der Waals surface area (Å²) in [6.45, 7) is 5.95. The second-order valence-corrected chi connectivity index (χ2v) is 11.9. The minimum atomic E-state index is -0.400. The molecule has 2 aromatic rings. The molecule has 0 N–H and O–H groups in total. The number of allylic oxidation sites excluding steroid dienone is 4. The summed E-state index contributed by atoms with van der Waals surface area (Å²) in [5.74, 6) is 1.06. The molecule has 0 atom stereocenters. The lowest BCUT2D eigenvalue weighted by molar-refractivity contribution is -0.117. The lowest BCUT2D eigenvalue weighted by atomic mass is 9.71. The van der Waals surface area contributed by atoms with Crippen molar-refractivity contribution in [3.05, 3.63) is 79.6 Å². The van der Waals surface area contributed by atoms with Crippen molar-refractivity contribution in [2.45, 2.75) is 71.3 Å². The van der Waals surface area contributed by atoms with Crippen LogP contribution in [0.1, 0.15) is 73.1 Å². The lowest BCUT2D eigenvalue weighted by Gasteiger charge is -2.44. The summed E-state index contributed by atoms with van der Waals surface area (Å²) in [6, 6.07) is 10.3. The van der Waals surface area contributed by atoms with Gasteiger partial charge in [0, 0.05) is 61.6 Å². The van der Waals surface area contributed by atoms with Crippen LogP contribution >= 0.6 is 15.9 Å². The van der Waals surface area contributed by atoms with E-state index in [1.165, 1.54) is 11.1 Å². The molecule has 0 saturated heterocycles. The number of hydrogen-bond acceptors (Lipinski definition) is 6. The highest BCUT2D eigenvalue weighted by Gasteiger charge is 2.43. The summed E-state index contributed by atoms with van der Waals surface area (Å²) in [6.07, 6.45) is 5.19. The maximum absolute atomic E-state index is 13.6. The first-order valence-corrected chi connectivity index (χ1v) is 15.0. The molecule has 0 saturated carbocycles. The number of Topliss-reactive ketones (excluding diaryl/α,β-unsaturated/α-hetero) is 2. The van der Waals surface area contributed by atoms with Gasteiger partial charge in [-0.05, 0) is 85.1 Å². The van der Waals surface area contributed by atoms with Crippen LogP contribution in [0.3, 0.4) is 0 Å². The quantitative estimate of drug-likeness (QED) is 0.283. The number of methoxy groups -OCH3 is 2. The summed E-state index contributed by atoms with van der Waals surface area (Å²) in [7, 11) is 3.33. The first kappa shape index (κ1) is 28.6. The summed E-state index contributed by atoms with van der Waals surface area (Å²) >= 11 is 3.74. The van der Waals surface area contributed by atoms with Crippen molar-refractivity contribution in [1.29, 1.82) is 0 Å². The molecule has 0 radical (unpaired) electrons. The van der Waals surface area contributed by atoms with E-state index in [9.17, 15) is 9.59 Å². The molecule has 1 heterocycles. The van der Waals surface area contributed by atoms with Gasteiger partial charge in [0.2, 0.25) is 0 Å². The van der Waals surface area contributed by atoms with Crippen LogP contribution in [0.2, 0.25) is 0 Å². The molecule has 0 bridgehead atoms. The van der Waals surface area contributed by atoms with Crippen molar-refractivity contribution < 1.29 is 23.8 Å². The number of carbonyl (C=O) groups is 2. The second kappa shape index (κ2) is 12.3. The molecule has 212 valence electrons. The highest BCUT2D eigenvalue weighted by molar-refractivity contribution is 9.10. The highest BCUT2D eigenvalue weighted by Crippen LogP contribution is 2.51. The van der Waals surface area contributed by atoms with Crippen LogP contribution < -0.4 is 9.47 Å². The molecule has 40 heavy (non-hydrogen) atoms. The monoisotopic (exact) mass is 607 g/mol. The fourth-order valence-corrected chi connectivity index (χ4v) is 7.12. The zero-order valence-corrected chi connectivity index (χ0v) is 25.5. The smallest absolute Gasteiger partial charge is 0.175 e. The van der Waals surface area contributed by atoms with Crippen LogP contribution in [0, 0.1) is 13.8 Å². The van der Waals surface area contributed by atoms with E-state index in [-0.39, 0.29) is 11.6 Å². The molecule has 0 fully saturated rings. The maximum atomic E-state index is 13.6. The number of aryl methyl sites for hydroxylation is 2. The number of ether oxygens (including phenoxy) is 3. The predicted octanol–water partition coefficient (Wildman–Crippen LogP) is 7.10. The summed E-state index contributed by atoms with van der Waals surface area (Å²) in [5, 5.41) is 0. The summed E-state index contributed by atoms with van der Waals surface area (Å²) in [5.41, 5.74) is 8.05. The molecular formula is C33H38BrNO5. The van der Waals surface area contributed by atoms with Gasteiger partial charge in [-0.25, -0.2) is 0 Å². The Balaban J connectivity index is 1.57. The zero-order chi connectivity index (χ0) is 28.4. The number of carbonyl (C=O) groups excluding carboxylic acids is 2. The Morgan fingerprint density at radius 3 is 2.08 bits per heavy atom. The molecule has 0 unspecified atom stereocenters. The molecule has 5 rings (SSSR count). The fourth-order valence-electron chi connectivity index (χ4n) is 6.54. The third-order valence-corrected chi connectivity index (χ3v) is 8.66. The van der Waals surface area contributed by atoms with Gasteiger partial charge in [0.15, 0.2) is 23.1 Å². The highest BCUT2D eigenvalue weighted by atomic mass is 79.9. The first-order chi connectivity index (χ1) is 19.3. The van der Waals surface area contributed by atoms with E-state index in [1.54, 1.807) is 14.2 Å². The number of benzene rings is 2. The van der Waals surface area contributed by atoms with Gasteiger partial charge in [0.25, 0.3) is 0 Å². The number of rotatable bonds is 9. The predicted molar refractivity (Wildman–Crippen MR) is 159 cm³/mol. The summed E-state index contributed by atoms with van der Waals surface area (Å²) < 4.78 is 18.2. The Morgan fingerprint density at radius 2 is 1.50 bits per heavy atom. The fraction of sp³-hybridized carbons (Fsp3) is 0.455. The van der Waals surface area contributed by atoms with Crippen molar-refractivity contribution in [3.8, 4) is 11.5 Å². The topological polar surface area (TPSA) is 65.1 Å². The number of hydrogen-bond donors (Lipinski definition) is 0. The molecule has 0 spiro atoms. The molecule has 3 aliphatic rings. The second-order valence-electron chi connectivity index (χ2n) is 11.0. The standard InChI is InChI=1S/C33H38BrNO5/c1-20-14-21(2)16-22(15-20)19-40-33-24(34)17-23(18-29(33)39-4)30-31-25(8-5-10-27(31)36)35(12-7-13-38-3)26-9-6-11-28(37)32(26)30/h14-18,30H,5-13,19H2,1-4H3. The minimum absolute atomic E-state index is 0.137. The van der Waals surface area contributed by atoms with Crippen LogP contribution in [-0.2, 0) is 20.9 Å². The first-order valence-electron chi connectivity index (χ1n) is 14.2. The normalized spacial score (nSPS) is 17.8. The Hall–Kier alpha value is -2.90. The van der Waals surface area contributed by atoms with E-state index < -0.39 is 5.92 Å². The third kappa shape index (κ3) is 5.64. The molecular weight excluding hydrogens is 570 g/mol. The van der Waals surface area contributed by atoms with Gasteiger partial charge in [0.05, 0.1) is 11.6 Å². The molecule has 0 amide bonds. The molecule has 2 aromatic carbocycles. The number of nitrogens with zero attached hydrogens (tertiary/aromatic N) is 1. The van der Waals surface area contributed by atoms with E-state index in [0.29, 0.717) is 37.6 Å². The van der Waals surface area contributed by atoms with E-state index in [1.807, 2.05) is 12.1 Å². The van der Waals surface area contributed by atoms with Crippen molar-refractivity contribution in [3.63, 3.8) is 0 Å². The largest absolute Gasteiger partial charge is 0.493 e. The SMILES string of the molecule is COCCCN1C2=C(C(=O)CCC2)C(c2cc(Br)c(OCc3cc(C)cc(C)c3)c(OC)c2)C2=C1CCCC2=O. The maximum Gasteiger partial charge on any atom is 0.175 e. The van der Waals surface area contributed by atoms with Crippen LogP contribution in [-0.4, -0.2) is 43.8 Å². The van der Waals surface area contributed by atoms with Gasteiger partial charge in [0.1, 0.15) is 6.61 Å². The van der Waals surface area contributed by atoms with Crippen LogP contribution in [0.25, 0.3) is 0 Å². The third-order valence-electron chi connectivity index (χ3n) is 8.07. The Kier molecular flexibility index (Phi) is 8.81. The van der Waals surface area contributed by atoms with Crippen LogP contribution in [0.5, 0.6) is 11.5 Å².